The molecule has 0 bridgehead atoms. The van der Waals surface area contributed by atoms with E-state index in [1.165, 1.54) is 24.4 Å². The Hall–Kier alpha value is -0.740. The van der Waals surface area contributed by atoms with E-state index < -0.39 is 21.5 Å². The van der Waals surface area contributed by atoms with E-state index in [-0.39, 0.29) is 5.02 Å². The summed E-state index contributed by atoms with van der Waals surface area (Å²) in [6, 6.07) is 3.98. The molecule has 0 radical (unpaired) electrons. The van der Waals surface area contributed by atoms with Crippen molar-refractivity contribution in [3.05, 3.63) is 34.6 Å². The molecule has 0 aromatic heterocycles. The van der Waals surface area contributed by atoms with Gasteiger partial charge in [0.2, 0.25) is 0 Å². The quantitative estimate of drug-likeness (QED) is 0.751. The van der Waals surface area contributed by atoms with E-state index in [0.29, 0.717) is 5.56 Å². The summed E-state index contributed by atoms with van der Waals surface area (Å²) < 4.78 is 27.8. The topological polar surface area (TPSA) is 29.4 Å². The van der Waals surface area contributed by atoms with Gasteiger partial charge in [-0.2, -0.15) is 4.40 Å². The van der Waals surface area contributed by atoms with Crippen LogP contribution in [0, 0.1) is 5.82 Å². The Morgan fingerprint density at radius 2 is 2.06 bits per heavy atom. The van der Waals surface area contributed by atoms with Crippen LogP contribution >= 0.6 is 11.6 Å². The van der Waals surface area contributed by atoms with Gasteiger partial charge in [-0.05, 0) is 39.0 Å². The lowest BCUT2D eigenvalue weighted by Gasteiger charge is -2.12. The second-order valence-corrected chi connectivity index (χ2v) is 6.60. The third-order valence-electron chi connectivity index (χ3n) is 1.77. The lowest BCUT2D eigenvalue weighted by Crippen LogP contribution is -2.19. The van der Waals surface area contributed by atoms with Crippen molar-refractivity contribution < 1.29 is 8.60 Å². The molecule has 1 aromatic carbocycles. The van der Waals surface area contributed by atoms with Crippen molar-refractivity contribution in [1.82, 2.24) is 0 Å². The highest BCUT2D eigenvalue weighted by Crippen LogP contribution is 2.17. The Bertz CT molecular complexity index is 440. The van der Waals surface area contributed by atoms with Gasteiger partial charge in [0.05, 0.1) is 9.77 Å². The first-order valence-electron chi connectivity index (χ1n) is 4.72. The summed E-state index contributed by atoms with van der Waals surface area (Å²) in [5.74, 6) is -0.404. The summed E-state index contributed by atoms with van der Waals surface area (Å²) in [5.41, 5.74) is 0.556. The number of hydrogen-bond acceptors (Lipinski definition) is 1. The molecule has 0 saturated carbocycles. The molecular formula is C11H13ClFNOS. The predicted molar refractivity (Wildman–Crippen MR) is 66.9 cm³/mol. The molecule has 0 spiro atoms. The predicted octanol–water partition coefficient (Wildman–Crippen LogP) is 3.36. The third-order valence-corrected chi connectivity index (χ3v) is 3.45. The second-order valence-electron chi connectivity index (χ2n) is 4.26. The maximum absolute atomic E-state index is 12.7. The normalized spacial score (nSPS) is 14.3. The molecule has 0 aliphatic rings. The summed E-state index contributed by atoms with van der Waals surface area (Å²) in [5, 5.41) is 0.259. The van der Waals surface area contributed by atoms with Gasteiger partial charge >= 0.3 is 0 Å². The highest BCUT2D eigenvalue weighted by Gasteiger charge is 2.18. The van der Waals surface area contributed by atoms with Gasteiger partial charge in [-0.1, -0.05) is 11.6 Å². The number of benzene rings is 1. The Morgan fingerprint density at radius 1 is 1.44 bits per heavy atom. The van der Waals surface area contributed by atoms with Crippen LogP contribution in [0.3, 0.4) is 0 Å². The maximum atomic E-state index is 12.7. The first kappa shape index (κ1) is 13.3. The number of rotatable bonds is 2. The van der Waals surface area contributed by atoms with Gasteiger partial charge in [-0.15, -0.1) is 0 Å². The zero-order valence-electron chi connectivity index (χ0n) is 9.33. The fraction of sp³-hybridized carbons (Fsp3) is 0.364. The smallest absolute Gasteiger partial charge is 0.144 e. The van der Waals surface area contributed by atoms with Crippen LogP contribution in [0.25, 0.3) is 0 Å². The molecule has 1 aromatic rings. The van der Waals surface area contributed by atoms with E-state index >= 15 is 0 Å². The highest BCUT2D eigenvalue weighted by atomic mass is 35.5. The number of nitrogens with zero attached hydrogens (tertiary/aromatic N) is 1. The van der Waals surface area contributed by atoms with Gasteiger partial charge in [-0.3, -0.25) is 0 Å². The second kappa shape index (κ2) is 5.06. The van der Waals surface area contributed by atoms with Gasteiger partial charge in [-0.25, -0.2) is 8.60 Å². The van der Waals surface area contributed by atoms with Crippen LogP contribution < -0.4 is 0 Å². The van der Waals surface area contributed by atoms with E-state index in [1.54, 1.807) is 0 Å². The Kier molecular flexibility index (Phi) is 4.21. The molecule has 0 amide bonds. The van der Waals surface area contributed by atoms with Crippen molar-refractivity contribution in [3.63, 3.8) is 0 Å². The van der Waals surface area contributed by atoms with Crippen LogP contribution in [0.15, 0.2) is 22.6 Å². The molecule has 1 unspecified atom stereocenters. The fourth-order valence-electron chi connectivity index (χ4n) is 0.869. The Balaban J connectivity index is 2.89. The summed E-state index contributed by atoms with van der Waals surface area (Å²) in [6.07, 6.45) is 1.41. The molecule has 0 N–H and O–H groups in total. The molecule has 16 heavy (non-hydrogen) atoms. The molecule has 2 nitrogen and oxygen atoms in total. The SMILES string of the molecule is CC(C)(C)S(=O)N=Cc1ccc(F)cc1Cl. The number of halogens is 2. The van der Waals surface area contributed by atoms with Gasteiger partial charge in [0.1, 0.15) is 16.8 Å². The van der Waals surface area contributed by atoms with Crippen molar-refractivity contribution in [2.24, 2.45) is 4.40 Å². The van der Waals surface area contributed by atoms with Crippen molar-refractivity contribution >= 4 is 28.8 Å². The molecule has 0 aliphatic carbocycles. The van der Waals surface area contributed by atoms with Crippen LogP contribution in [0.2, 0.25) is 5.02 Å². The largest absolute Gasteiger partial charge is 0.234 e. The zero-order chi connectivity index (χ0) is 12.3. The van der Waals surface area contributed by atoms with Crippen molar-refractivity contribution in [1.29, 1.82) is 0 Å². The number of hydrogen-bond donors (Lipinski definition) is 0. The van der Waals surface area contributed by atoms with Crippen LogP contribution in [0.5, 0.6) is 0 Å². The molecule has 0 heterocycles. The lowest BCUT2D eigenvalue weighted by atomic mass is 10.2. The third kappa shape index (κ3) is 3.68. The van der Waals surface area contributed by atoms with Crippen LogP contribution in [0.4, 0.5) is 4.39 Å². The van der Waals surface area contributed by atoms with Crippen LogP contribution in [0.1, 0.15) is 26.3 Å². The molecule has 1 atom stereocenters. The first-order valence-corrected chi connectivity index (χ1v) is 6.20. The zero-order valence-corrected chi connectivity index (χ0v) is 10.9. The summed E-state index contributed by atoms with van der Waals surface area (Å²) in [6.45, 7) is 5.48. The van der Waals surface area contributed by atoms with E-state index in [4.69, 9.17) is 11.6 Å². The van der Waals surface area contributed by atoms with E-state index in [1.807, 2.05) is 20.8 Å². The molecule has 88 valence electrons. The minimum atomic E-state index is -1.33. The standard InChI is InChI=1S/C11H13ClFNOS/c1-11(2,3)16(15)14-7-8-4-5-9(13)6-10(8)12/h4-7H,1-3H3. The summed E-state index contributed by atoms with van der Waals surface area (Å²) in [7, 11) is -1.33. The Morgan fingerprint density at radius 3 is 2.56 bits per heavy atom. The van der Waals surface area contributed by atoms with Gasteiger partial charge in [0, 0.05) is 11.8 Å². The molecule has 1 rings (SSSR count). The van der Waals surface area contributed by atoms with Gasteiger partial charge in [0.15, 0.2) is 0 Å². The Labute approximate surface area is 102 Å². The van der Waals surface area contributed by atoms with Crippen LogP contribution in [-0.4, -0.2) is 15.2 Å². The van der Waals surface area contributed by atoms with Gasteiger partial charge < -0.3 is 0 Å². The van der Waals surface area contributed by atoms with Crippen molar-refractivity contribution in [2.75, 3.05) is 0 Å². The fourth-order valence-corrected chi connectivity index (χ4v) is 1.61. The summed E-state index contributed by atoms with van der Waals surface area (Å²) in [4.78, 5) is 0. The molecule has 0 saturated heterocycles. The monoisotopic (exact) mass is 261 g/mol. The molecular weight excluding hydrogens is 249 g/mol. The molecule has 0 fully saturated rings. The van der Waals surface area contributed by atoms with Crippen molar-refractivity contribution in [2.45, 2.75) is 25.5 Å². The maximum Gasteiger partial charge on any atom is 0.144 e. The highest BCUT2D eigenvalue weighted by molar-refractivity contribution is 7.85. The van der Waals surface area contributed by atoms with E-state index in [0.717, 1.165) is 0 Å². The minimum Gasteiger partial charge on any atom is -0.234 e. The average Bonchev–Trinajstić information content (AvgIpc) is 2.14. The first-order chi connectivity index (χ1) is 7.30. The lowest BCUT2D eigenvalue weighted by molar-refractivity contribution is 0.628. The summed E-state index contributed by atoms with van der Waals surface area (Å²) >= 11 is 5.80. The minimum absolute atomic E-state index is 0.259. The van der Waals surface area contributed by atoms with Crippen LogP contribution in [-0.2, 0) is 11.0 Å². The van der Waals surface area contributed by atoms with E-state index in [9.17, 15) is 8.60 Å². The molecule has 0 aliphatic heterocycles. The van der Waals surface area contributed by atoms with E-state index in [2.05, 4.69) is 4.40 Å². The van der Waals surface area contributed by atoms with Crippen molar-refractivity contribution in [3.8, 4) is 0 Å². The average molecular weight is 262 g/mol. The van der Waals surface area contributed by atoms with Gasteiger partial charge in [0.25, 0.3) is 0 Å². The molecule has 5 heteroatoms.